The van der Waals surface area contributed by atoms with Crippen LogP contribution < -0.4 is 11.1 Å². The molecule has 0 bridgehead atoms. The average Bonchev–Trinajstić information content (AvgIpc) is 2.80. The minimum Gasteiger partial charge on any atom is -0.451 e. The fourth-order valence-corrected chi connectivity index (χ4v) is 2.85. The summed E-state index contributed by atoms with van der Waals surface area (Å²) in [5, 5.41) is 3.89. The van der Waals surface area contributed by atoms with Crippen LogP contribution in [0.1, 0.15) is 35.9 Å². The fraction of sp³-hybridized carbons (Fsp3) is 0.375. The topological polar surface area (TPSA) is 85.3 Å². The van der Waals surface area contributed by atoms with E-state index >= 15 is 0 Å². The maximum atomic E-state index is 12.4. The van der Waals surface area contributed by atoms with Crippen molar-refractivity contribution in [3.8, 4) is 0 Å². The number of para-hydroxylation sites is 1. The number of carbonyl (C=O) groups excluding carboxylic acids is 2. The summed E-state index contributed by atoms with van der Waals surface area (Å²) in [5.41, 5.74) is 6.88. The van der Waals surface area contributed by atoms with E-state index in [0.717, 1.165) is 23.0 Å². The van der Waals surface area contributed by atoms with E-state index in [4.69, 9.17) is 10.2 Å². The third-order valence-corrected chi connectivity index (χ3v) is 4.13. The van der Waals surface area contributed by atoms with E-state index in [-0.39, 0.29) is 23.8 Å². The second-order valence-electron chi connectivity index (χ2n) is 5.50. The van der Waals surface area contributed by atoms with Crippen molar-refractivity contribution < 1.29 is 14.0 Å². The molecule has 1 saturated carbocycles. The minimum absolute atomic E-state index is 0.00733. The molecule has 0 atom stereocenters. The lowest BCUT2D eigenvalue weighted by Gasteiger charge is -2.33. The lowest BCUT2D eigenvalue weighted by molar-refractivity contribution is -0.124. The van der Waals surface area contributed by atoms with Gasteiger partial charge >= 0.3 is 0 Å². The summed E-state index contributed by atoms with van der Waals surface area (Å²) >= 11 is 0. The van der Waals surface area contributed by atoms with Gasteiger partial charge in [0.05, 0.1) is 0 Å². The second-order valence-corrected chi connectivity index (χ2v) is 5.50. The van der Waals surface area contributed by atoms with Gasteiger partial charge in [-0.15, -0.1) is 0 Å². The molecule has 1 fully saturated rings. The molecule has 110 valence electrons. The highest BCUT2D eigenvalue weighted by atomic mass is 16.3. The molecule has 0 aliphatic heterocycles. The zero-order valence-corrected chi connectivity index (χ0v) is 11.9. The standard InChI is InChI=1S/C16H18N2O3/c1-2-11-12-5-3-4-6-13(12)21-14(11)16(20)18-10-7-9(8-10)15(17)19/h3-6,9-10H,2,7-8H2,1H3,(H2,17,19)(H,18,20). The van der Waals surface area contributed by atoms with E-state index in [1.165, 1.54) is 0 Å². The summed E-state index contributed by atoms with van der Waals surface area (Å²) in [6.07, 6.45) is 1.96. The van der Waals surface area contributed by atoms with Gasteiger partial charge in [0.1, 0.15) is 5.58 Å². The molecule has 21 heavy (non-hydrogen) atoms. The van der Waals surface area contributed by atoms with Gasteiger partial charge in [-0.05, 0) is 25.3 Å². The first-order chi connectivity index (χ1) is 10.1. The van der Waals surface area contributed by atoms with Crippen LogP contribution in [0.4, 0.5) is 0 Å². The second kappa shape index (κ2) is 5.24. The zero-order valence-electron chi connectivity index (χ0n) is 11.9. The van der Waals surface area contributed by atoms with Crippen LogP contribution in [0.25, 0.3) is 11.0 Å². The maximum absolute atomic E-state index is 12.4. The van der Waals surface area contributed by atoms with Crippen LogP contribution in [-0.4, -0.2) is 17.9 Å². The minimum atomic E-state index is -0.293. The molecule has 5 nitrogen and oxygen atoms in total. The van der Waals surface area contributed by atoms with Crippen LogP contribution >= 0.6 is 0 Å². The van der Waals surface area contributed by atoms with Crippen molar-refractivity contribution in [2.45, 2.75) is 32.2 Å². The largest absolute Gasteiger partial charge is 0.451 e. The molecule has 0 spiro atoms. The molecule has 3 N–H and O–H groups in total. The number of hydrogen-bond donors (Lipinski definition) is 2. The van der Waals surface area contributed by atoms with Crippen LogP contribution in [0.5, 0.6) is 0 Å². The van der Waals surface area contributed by atoms with Crippen molar-refractivity contribution >= 4 is 22.8 Å². The number of carbonyl (C=O) groups is 2. The summed E-state index contributed by atoms with van der Waals surface area (Å²) < 4.78 is 5.69. The molecular formula is C16H18N2O3. The highest BCUT2D eigenvalue weighted by molar-refractivity contribution is 5.99. The van der Waals surface area contributed by atoms with Crippen LogP contribution in [-0.2, 0) is 11.2 Å². The Bertz CT molecular complexity index is 699. The Kier molecular flexibility index (Phi) is 3.41. The number of benzene rings is 1. The quantitative estimate of drug-likeness (QED) is 0.901. The fourth-order valence-electron chi connectivity index (χ4n) is 2.85. The third-order valence-electron chi connectivity index (χ3n) is 4.13. The Morgan fingerprint density at radius 3 is 2.71 bits per heavy atom. The van der Waals surface area contributed by atoms with Gasteiger partial charge in [0.2, 0.25) is 5.91 Å². The number of hydrogen-bond acceptors (Lipinski definition) is 3. The van der Waals surface area contributed by atoms with Crippen molar-refractivity contribution in [1.29, 1.82) is 0 Å². The number of nitrogens with two attached hydrogens (primary N) is 1. The number of aryl methyl sites for hydroxylation is 1. The van der Waals surface area contributed by atoms with Crippen molar-refractivity contribution in [1.82, 2.24) is 5.32 Å². The number of fused-ring (bicyclic) bond motifs is 1. The smallest absolute Gasteiger partial charge is 0.287 e. The van der Waals surface area contributed by atoms with Gasteiger partial charge in [-0.1, -0.05) is 25.1 Å². The number of furan rings is 1. The number of primary amides is 1. The molecule has 0 radical (unpaired) electrons. The zero-order chi connectivity index (χ0) is 15.0. The molecule has 0 unspecified atom stereocenters. The van der Waals surface area contributed by atoms with Crippen LogP contribution in [0.15, 0.2) is 28.7 Å². The van der Waals surface area contributed by atoms with Gasteiger partial charge in [0.25, 0.3) is 5.91 Å². The molecule has 1 aromatic heterocycles. The molecule has 1 heterocycles. The number of amides is 2. The monoisotopic (exact) mass is 286 g/mol. The predicted molar refractivity (Wildman–Crippen MR) is 78.8 cm³/mol. The predicted octanol–water partition coefficient (Wildman–Crippen LogP) is 1.99. The molecule has 1 aliphatic carbocycles. The number of nitrogens with one attached hydrogen (secondary N) is 1. The SMILES string of the molecule is CCc1c(C(=O)NC2CC(C(N)=O)C2)oc2ccccc12. The highest BCUT2D eigenvalue weighted by Gasteiger charge is 2.35. The first-order valence-electron chi connectivity index (χ1n) is 7.20. The van der Waals surface area contributed by atoms with Crippen LogP contribution in [0, 0.1) is 5.92 Å². The van der Waals surface area contributed by atoms with E-state index in [1.54, 1.807) is 0 Å². The van der Waals surface area contributed by atoms with Gasteiger partial charge < -0.3 is 15.5 Å². The summed E-state index contributed by atoms with van der Waals surface area (Å²) in [6, 6.07) is 7.64. The molecule has 3 rings (SSSR count). The Hall–Kier alpha value is -2.30. The first-order valence-corrected chi connectivity index (χ1v) is 7.20. The lowest BCUT2D eigenvalue weighted by Crippen LogP contribution is -2.48. The average molecular weight is 286 g/mol. The maximum Gasteiger partial charge on any atom is 0.287 e. The van der Waals surface area contributed by atoms with E-state index in [0.29, 0.717) is 18.6 Å². The van der Waals surface area contributed by atoms with Crippen molar-refractivity contribution in [2.75, 3.05) is 0 Å². The third kappa shape index (κ3) is 2.39. The summed E-state index contributed by atoms with van der Waals surface area (Å²) in [4.78, 5) is 23.3. The van der Waals surface area contributed by atoms with E-state index in [9.17, 15) is 9.59 Å². The van der Waals surface area contributed by atoms with E-state index in [2.05, 4.69) is 5.32 Å². The van der Waals surface area contributed by atoms with Gasteiger partial charge in [-0.3, -0.25) is 9.59 Å². The first kappa shape index (κ1) is 13.7. The van der Waals surface area contributed by atoms with Gasteiger partial charge in [-0.25, -0.2) is 0 Å². The summed E-state index contributed by atoms with van der Waals surface area (Å²) in [5.74, 6) is -0.243. The molecule has 1 aromatic carbocycles. The Morgan fingerprint density at radius 1 is 1.33 bits per heavy atom. The van der Waals surface area contributed by atoms with Crippen molar-refractivity contribution in [3.05, 3.63) is 35.6 Å². The molecule has 2 amide bonds. The van der Waals surface area contributed by atoms with Crippen molar-refractivity contribution in [3.63, 3.8) is 0 Å². The van der Waals surface area contributed by atoms with Crippen molar-refractivity contribution in [2.24, 2.45) is 11.7 Å². The number of rotatable bonds is 4. The van der Waals surface area contributed by atoms with E-state index < -0.39 is 0 Å². The summed E-state index contributed by atoms with van der Waals surface area (Å²) in [6.45, 7) is 2.00. The normalized spacial score (nSPS) is 21.0. The Balaban J connectivity index is 1.77. The summed E-state index contributed by atoms with van der Waals surface area (Å²) in [7, 11) is 0. The Morgan fingerprint density at radius 2 is 2.05 bits per heavy atom. The Labute approximate surface area is 122 Å². The molecule has 0 saturated heterocycles. The van der Waals surface area contributed by atoms with E-state index in [1.807, 2.05) is 31.2 Å². The molecule has 1 aliphatic rings. The van der Waals surface area contributed by atoms with Crippen LogP contribution in [0.2, 0.25) is 0 Å². The van der Waals surface area contributed by atoms with Gasteiger partial charge in [-0.2, -0.15) is 0 Å². The highest BCUT2D eigenvalue weighted by Crippen LogP contribution is 2.29. The van der Waals surface area contributed by atoms with Gasteiger partial charge in [0, 0.05) is 22.9 Å². The lowest BCUT2D eigenvalue weighted by atomic mass is 9.80. The molecular weight excluding hydrogens is 268 g/mol. The van der Waals surface area contributed by atoms with Crippen LogP contribution in [0.3, 0.4) is 0 Å². The molecule has 5 heteroatoms. The molecule has 2 aromatic rings. The van der Waals surface area contributed by atoms with Gasteiger partial charge in [0.15, 0.2) is 5.76 Å².